The molecule has 0 fully saturated rings. The summed E-state index contributed by atoms with van der Waals surface area (Å²) < 4.78 is 49.8. The minimum absolute atomic E-state index is 0.378. The lowest BCUT2D eigenvalue weighted by Gasteiger charge is -2.20. The van der Waals surface area contributed by atoms with Gasteiger partial charge in [-0.15, -0.1) is 0 Å². The number of nitro groups is 1. The highest BCUT2D eigenvalue weighted by molar-refractivity contribution is 5.90. The molecule has 0 radical (unpaired) electrons. The van der Waals surface area contributed by atoms with Crippen molar-refractivity contribution in [2.45, 2.75) is 12.6 Å². The van der Waals surface area contributed by atoms with Crippen molar-refractivity contribution in [3.05, 3.63) is 33.6 Å². The summed E-state index contributed by atoms with van der Waals surface area (Å²) >= 11 is 0. The summed E-state index contributed by atoms with van der Waals surface area (Å²) in [6.45, 7) is -0.630. The number of nitro benzene ring substituents is 1. The Morgan fingerprint density at radius 3 is 2.43 bits per heavy atom. The number of hydrogen-bond acceptors (Lipinski definition) is 4. The molecular formula is C11H10F4N2O4. The Kier molecular flexibility index (Phi) is 4.71. The molecule has 6 nitrogen and oxygen atoms in total. The zero-order valence-electron chi connectivity index (χ0n) is 10.6. The number of rotatable bonds is 5. The van der Waals surface area contributed by atoms with Gasteiger partial charge in [-0.1, -0.05) is 0 Å². The number of nitrogens with zero attached hydrogens (tertiary/aromatic N) is 2. The van der Waals surface area contributed by atoms with E-state index in [2.05, 4.69) is 0 Å². The molecule has 1 aromatic rings. The van der Waals surface area contributed by atoms with Crippen molar-refractivity contribution in [3.8, 4) is 0 Å². The van der Waals surface area contributed by atoms with Crippen molar-refractivity contribution < 1.29 is 32.4 Å². The van der Waals surface area contributed by atoms with E-state index in [1.165, 1.54) is 0 Å². The molecule has 0 spiro atoms. The van der Waals surface area contributed by atoms with Crippen molar-refractivity contribution in [3.63, 3.8) is 0 Å². The van der Waals surface area contributed by atoms with E-state index in [1.807, 2.05) is 0 Å². The van der Waals surface area contributed by atoms with Gasteiger partial charge >= 0.3 is 12.1 Å². The lowest BCUT2D eigenvalue weighted by atomic mass is 10.1. The number of alkyl halides is 3. The molecule has 1 N–H and O–H groups in total. The van der Waals surface area contributed by atoms with Crippen molar-refractivity contribution in [2.24, 2.45) is 0 Å². The third-order valence-corrected chi connectivity index (χ3v) is 2.63. The lowest BCUT2D eigenvalue weighted by molar-refractivity contribution is -0.384. The zero-order chi connectivity index (χ0) is 16.4. The molecule has 0 aliphatic heterocycles. The molecule has 10 heteroatoms. The molecule has 0 heterocycles. The van der Waals surface area contributed by atoms with Gasteiger partial charge in [0.1, 0.15) is 11.5 Å². The maximum Gasteiger partial charge on any atom is 0.390 e. The molecule has 0 bridgehead atoms. The first kappa shape index (κ1) is 16.7. The second kappa shape index (κ2) is 5.94. The van der Waals surface area contributed by atoms with Crippen molar-refractivity contribution in [1.29, 1.82) is 0 Å². The minimum Gasteiger partial charge on any atom is -0.478 e. The first-order chi connectivity index (χ1) is 9.53. The van der Waals surface area contributed by atoms with Gasteiger partial charge in [-0.05, 0) is 6.07 Å². The Labute approximate surface area is 115 Å². The van der Waals surface area contributed by atoms with E-state index in [0.717, 1.165) is 11.9 Å². The molecule has 0 amide bonds. The Morgan fingerprint density at radius 2 is 2.00 bits per heavy atom. The molecule has 1 aromatic carbocycles. The molecule has 116 valence electrons. The minimum atomic E-state index is -4.47. The van der Waals surface area contributed by atoms with E-state index in [9.17, 15) is 32.5 Å². The van der Waals surface area contributed by atoms with Gasteiger partial charge < -0.3 is 10.0 Å². The first-order valence-electron chi connectivity index (χ1n) is 5.52. The normalized spacial score (nSPS) is 11.3. The Bertz CT molecular complexity index is 574. The molecule has 0 aliphatic rings. The van der Waals surface area contributed by atoms with Crippen LogP contribution >= 0.6 is 0 Å². The Morgan fingerprint density at radius 1 is 1.43 bits per heavy atom. The summed E-state index contributed by atoms with van der Waals surface area (Å²) in [4.78, 5) is 21.5. The fourth-order valence-electron chi connectivity index (χ4n) is 1.58. The van der Waals surface area contributed by atoms with Crippen LogP contribution in [-0.2, 0) is 0 Å². The predicted octanol–water partition coefficient (Wildman–Crippen LogP) is 2.82. The Balaban J connectivity index is 3.22. The van der Waals surface area contributed by atoms with Crippen LogP contribution in [0.4, 0.5) is 28.9 Å². The van der Waals surface area contributed by atoms with E-state index in [0.29, 0.717) is 12.1 Å². The number of halogens is 4. The van der Waals surface area contributed by atoms with E-state index in [4.69, 9.17) is 5.11 Å². The van der Waals surface area contributed by atoms with Crippen LogP contribution < -0.4 is 4.90 Å². The number of anilines is 1. The van der Waals surface area contributed by atoms with Crippen LogP contribution in [0.3, 0.4) is 0 Å². The summed E-state index contributed by atoms with van der Waals surface area (Å²) in [5.74, 6) is -3.00. The molecule has 0 atom stereocenters. The lowest BCUT2D eigenvalue weighted by Crippen LogP contribution is -2.25. The average Bonchev–Trinajstić information content (AvgIpc) is 2.34. The molecular weight excluding hydrogens is 300 g/mol. The highest BCUT2D eigenvalue weighted by atomic mass is 19.4. The second-order valence-corrected chi connectivity index (χ2v) is 4.17. The van der Waals surface area contributed by atoms with Gasteiger partial charge in [0.05, 0.1) is 23.0 Å². The maximum absolute atomic E-state index is 13.4. The van der Waals surface area contributed by atoms with Gasteiger partial charge in [-0.2, -0.15) is 13.2 Å². The SMILES string of the molecule is CN(CCC(F)(F)F)c1cc(C(=O)O)c(F)cc1[N+](=O)[O-]. The standard InChI is InChI=1S/C11H10F4N2O4/c1-16(3-2-11(13,14)15)8-4-6(10(18)19)7(12)5-9(8)17(20)21/h4-5H,2-3H2,1H3,(H,18,19). The summed E-state index contributed by atoms with van der Waals surface area (Å²) in [5.41, 5.74) is -2.06. The van der Waals surface area contributed by atoms with Gasteiger partial charge in [0.15, 0.2) is 0 Å². The van der Waals surface area contributed by atoms with E-state index in [-0.39, 0.29) is 0 Å². The zero-order valence-corrected chi connectivity index (χ0v) is 10.6. The van der Waals surface area contributed by atoms with Crippen molar-refractivity contribution in [2.75, 3.05) is 18.5 Å². The Hall–Kier alpha value is -2.39. The topological polar surface area (TPSA) is 83.7 Å². The van der Waals surface area contributed by atoms with Crippen LogP contribution in [0, 0.1) is 15.9 Å². The monoisotopic (exact) mass is 310 g/mol. The largest absolute Gasteiger partial charge is 0.478 e. The maximum atomic E-state index is 13.4. The molecule has 0 aromatic heterocycles. The fourth-order valence-corrected chi connectivity index (χ4v) is 1.58. The summed E-state index contributed by atoms with van der Waals surface area (Å²) in [6, 6.07) is 1.02. The van der Waals surface area contributed by atoms with Crippen LogP contribution in [0.25, 0.3) is 0 Å². The van der Waals surface area contributed by atoms with Crippen LogP contribution in [-0.4, -0.2) is 35.8 Å². The van der Waals surface area contributed by atoms with E-state index >= 15 is 0 Å². The quantitative estimate of drug-likeness (QED) is 0.513. The number of carboxylic acids is 1. The van der Waals surface area contributed by atoms with Gasteiger partial charge in [-0.25, -0.2) is 9.18 Å². The number of carbonyl (C=O) groups is 1. The molecule has 0 saturated carbocycles. The highest BCUT2D eigenvalue weighted by Crippen LogP contribution is 2.31. The number of benzene rings is 1. The molecule has 0 saturated heterocycles. The summed E-state index contributed by atoms with van der Waals surface area (Å²) in [7, 11) is 1.12. The second-order valence-electron chi connectivity index (χ2n) is 4.17. The fraction of sp³-hybridized carbons (Fsp3) is 0.364. The van der Waals surface area contributed by atoms with Crippen molar-refractivity contribution in [1.82, 2.24) is 0 Å². The van der Waals surface area contributed by atoms with Gasteiger partial charge in [0.2, 0.25) is 0 Å². The number of aromatic carboxylic acids is 1. The third kappa shape index (κ3) is 4.29. The third-order valence-electron chi connectivity index (χ3n) is 2.63. The summed E-state index contributed by atoms with van der Waals surface area (Å²) in [5, 5.41) is 19.6. The first-order valence-corrected chi connectivity index (χ1v) is 5.52. The van der Waals surface area contributed by atoms with Crippen LogP contribution in [0.1, 0.15) is 16.8 Å². The van der Waals surface area contributed by atoms with Gasteiger partial charge in [0.25, 0.3) is 5.69 Å². The average molecular weight is 310 g/mol. The molecule has 0 unspecified atom stereocenters. The highest BCUT2D eigenvalue weighted by Gasteiger charge is 2.29. The molecule has 1 rings (SSSR count). The molecule has 0 aliphatic carbocycles. The predicted molar refractivity (Wildman–Crippen MR) is 64.0 cm³/mol. The van der Waals surface area contributed by atoms with Crippen LogP contribution in [0.2, 0.25) is 0 Å². The van der Waals surface area contributed by atoms with Crippen LogP contribution in [0.5, 0.6) is 0 Å². The van der Waals surface area contributed by atoms with Crippen LogP contribution in [0.15, 0.2) is 12.1 Å². The van der Waals surface area contributed by atoms with E-state index in [1.54, 1.807) is 0 Å². The van der Waals surface area contributed by atoms with E-state index < -0.39 is 52.8 Å². The smallest absolute Gasteiger partial charge is 0.390 e. The summed E-state index contributed by atoms with van der Waals surface area (Å²) in [6.07, 6.45) is -5.72. The number of hydrogen-bond donors (Lipinski definition) is 1. The van der Waals surface area contributed by atoms with Crippen molar-refractivity contribution >= 4 is 17.3 Å². The number of carboxylic acid groups (broad SMARTS) is 1. The van der Waals surface area contributed by atoms with Gasteiger partial charge in [0, 0.05) is 13.6 Å². The van der Waals surface area contributed by atoms with Gasteiger partial charge in [-0.3, -0.25) is 10.1 Å². The molecule has 21 heavy (non-hydrogen) atoms.